The van der Waals surface area contributed by atoms with Crippen LogP contribution in [0.25, 0.3) is 0 Å². The molecule has 0 aliphatic carbocycles. The van der Waals surface area contributed by atoms with Gasteiger partial charge in [0.2, 0.25) is 0 Å². The van der Waals surface area contributed by atoms with Crippen LogP contribution in [0.1, 0.15) is 16.7 Å². The molecule has 0 atom stereocenters. The van der Waals surface area contributed by atoms with E-state index >= 15 is 0 Å². The van der Waals surface area contributed by atoms with Crippen molar-refractivity contribution in [3.05, 3.63) is 62.9 Å². The van der Waals surface area contributed by atoms with Gasteiger partial charge >= 0.3 is 0 Å². The maximum atomic E-state index is 13.9. The summed E-state index contributed by atoms with van der Waals surface area (Å²) >= 11 is 17.8. The summed E-state index contributed by atoms with van der Waals surface area (Å²) in [5, 5.41) is 9.55. The SMILES string of the molecule is N#Cc1cccc(COc2c(Cl)cc(Cl)cc2CCl)c1F. The molecule has 0 aliphatic heterocycles. The van der Waals surface area contributed by atoms with Crippen molar-refractivity contribution in [3.8, 4) is 11.8 Å². The highest BCUT2D eigenvalue weighted by molar-refractivity contribution is 6.36. The molecule has 0 aromatic heterocycles. The summed E-state index contributed by atoms with van der Waals surface area (Å²) in [4.78, 5) is 0. The number of ether oxygens (including phenoxy) is 1. The van der Waals surface area contributed by atoms with Gasteiger partial charge in [-0.05, 0) is 18.2 Å². The molecule has 0 radical (unpaired) electrons. The zero-order chi connectivity index (χ0) is 15.4. The summed E-state index contributed by atoms with van der Waals surface area (Å²) in [6.07, 6.45) is 0. The maximum Gasteiger partial charge on any atom is 0.147 e. The predicted molar refractivity (Wildman–Crippen MR) is 81.5 cm³/mol. The van der Waals surface area contributed by atoms with Crippen LogP contribution in [0.3, 0.4) is 0 Å². The number of alkyl halides is 1. The quantitative estimate of drug-likeness (QED) is 0.703. The molecule has 0 N–H and O–H groups in total. The molecule has 6 heteroatoms. The van der Waals surface area contributed by atoms with Crippen LogP contribution in [0.15, 0.2) is 30.3 Å². The Hall–Kier alpha value is -1.47. The molecule has 0 unspecified atom stereocenters. The van der Waals surface area contributed by atoms with Gasteiger partial charge in [-0.1, -0.05) is 35.3 Å². The van der Waals surface area contributed by atoms with Crippen LogP contribution in [-0.4, -0.2) is 0 Å². The van der Waals surface area contributed by atoms with Crippen LogP contribution >= 0.6 is 34.8 Å². The fourth-order valence-corrected chi connectivity index (χ4v) is 2.59. The van der Waals surface area contributed by atoms with E-state index < -0.39 is 5.82 Å². The Labute approximate surface area is 136 Å². The van der Waals surface area contributed by atoms with Gasteiger partial charge < -0.3 is 4.74 Å². The van der Waals surface area contributed by atoms with Gasteiger partial charge in [0.1, 0.15) is 24.2 Å². The number of nitriles is 1. The first-order chi connectivity index (χ1) is 10.1. The lowest BCUT2D eigenvalue weighted by Crippen LogP contribution is -2.02. The first kappa shape index (κ1) is 15.9. The molecular weight excluding hydrogens is 336 g/mol. The standard InChI is InChI=1S/C15H9Cl3FNO/c16-6-11-4-12(17)5-13(18)15(11)21-8-10-3-1-2-9(7-20)14(10)19/h1-5H,6,8H2. The second-order valence-corrected chi connectivity index (χ2v) is 5.30. The van der Waals surface area contributed by atoms with E-state index in [2.05, 4.69) is 0 Å². The average molecular weight is 345 g/mol. The van der Waals surface area contributed by atoms with Crippen molar-refractivity contribution in [1.29, 1.82) is 5.26 Å². The van der Waals surface area contributed by atoms with Crippen molar-refractivity contribution in [3.63, 3.8) is 0 Å². The van der Waals surface area contributed by atoms with Gasteiger partial charge in [-0.2, -0.15) is 5.26 Å². The van der Waals surface area contributed by atoms with Crippen molar-refractivity contribution >= 4 is 34.8 Å². The minimum Gasteiger partial charge on any atom is -0.487 e. The van der Waals surface area contributed by atoms with E-state index in [1.54, 1.807) is 24.3 Å². The molecule has 2 aromatic carbocycles. The van der Waals surface area contributed by atoms with Gasteiger partial charge in [0.05, 0.1) is 16.5 Å². The fourth-order valence-electron chi connectivity index (χ4n) is 1.80. The van der Waals surface area contributed by atoms with E-state index in [0.29, 0.717) is 21.4 Å². The molecule has 0 heterocycles. The topological polar surface area (TPSA) is 33.0 Å². The van der Waals surface area contributed by atoms with Crippen molar-refractivity contribution < 1.29 is 9.13 Å². The van der Waals surface area contributed by atoms with Crippen LogP contribution in [0.4, 0.5) is 4.39 Å². The molecule has 0 saturated carbocycles. The summed E-state index contributed by atoms with van der Waals surface area (Å²) in [6, 6.07) is 9.47. The van der Waals surface area contributed by atoms with Gasteiger partial charge in [0.15, 0.2) is 0 Å². The lowest BCUT2D eigenvalue weighted by atomic mass is 10.1. The lowest BCUT2D eigenvalue weighted by Gasteiger charge is -2.13. The van der Waals surface area contributed by atoms with Crippen molar-refractivity contribution in [2.45, 2.75) is 12.5 Å². The zero-order valence-electron chi connectivity index (χ0n) is 10.7. The molecule has 21 heavy (non-hydrogen) atoms. The second-order valence-electron chi connectivity index (χ2n) is 4.19. The molecule has 2 aromatic rings. The van der Waals surface area contributed by atoms with Crippen LogP contribution in [0.5, 0.6) is 5.75 Å². The first-order valence-corrected chi connectivity index (χ1v) is 7.20. The number of rotatable bonds is 4. The Morgan fingerprint density at radius 3 is 2.62 bits per heavy atom. The smallest absolute Gasteiger partial charge is 0.147 e. The molecule has 2 nitrogen and oxygen atoms in total. The summed E-state index contributed by atoms with van der Waals surface area (Å²) in [7, 11) is 0. The predicted octanol–water partition coefficient (Wildman–Crippen LogP) is 5.32. The Kier molecular flexibility index (Phi) is 5.30. The largest absolute Gasteiger partial charge is 0.487 e. The third-order valence-corrected chi connectivity index (χ3v) is 3.59. The highest BCUT2D eigenvalue weighted by Crippen LogP contribution is 2.34. The fraction of sp³-hybridized carbons (Fsp3) is 0.133. The number of nitrogens with zero attached hydrogens (tertiary/aromatic N) is 1. The van der Waals surface area contributed by atoms with E-state index in [1.807, 2.05) is 0 Å². The van der Waals surface area contributed by atoms with E-state index in [1.165, 1.54) is 12.1 Å². The number of halogens is 4. The third-order valence-electron chi connectivity index (χ3n) is 2.80. The Balaban J connectivity index is 2.27. The number of hydrogen-bond donors (Lipinski definition) is 0. The highest BCUT2D eigenvalue weighted by Gasteiger charge is 2.13. The number of hydrogen-bond acceptors (Lipinski definition) is 2. The van der Waals surface area contributed by atoms with Crippen LogP contribution in [-0.2, 0) is 12.5 Å². The molecule has 108 valence electrons. The molecule has 0 bridgehead atoms. The van der Waals surface area contributed by atoms with E-state index in [-0.39, 0.29) is 23.6 Å². The van der Waals surface area contributed by atoms with E-state index in [0.717, 1.165) is 0 Å². The van der Waals surface area contributed by atoms with Crippen molar-refractivity contribution in [2.75, 3.05) is 0 Å². The highest BCUT2D eigenvalue weighted by atomic mass is 35.5. The third kappa shape index (κ3) is 3.59. The minimum atomic E-state index is -0.600. The molecule has 0 saturated heterocycles. The Bertz CT molecular complexity index is 713. The normalized spacial score (nSPS) is 10.2. The molecular formula is C15H9Cl3FNO. The molecule has 0 aliphatic rings. The number of benzene rings is 2. The van der Waals surface area contributed by atoms with Crippen LogP contribution in [0.2, 0.25) is 10.0 Å². The first-order valence-electron chi connectivity index (χ1n) is 5.91. The Morgan fingerprint density at radius 1 is 1.19 bits per heavy atom. The Morgan fingerprint density at radius 2 is 1.95 bits per heavy atom. The monoisotopic (exact) mass is 343 g/mol. The van der Waals surface area contributed by atoms with E-state index in [9.17, 15) is 4.39 Å². The molecule has 0 spiro atoms. The van der Waals surface area contributed by atoms with Gasteiger partial charge in [-0.25, -0.2) is 4.39 Å². The lowest BCUT2D eigenvalue weighted by molar-refractivity contribution is 0.297. The molecule has 0 amide bonds. The van der Waals surface area contributed by atoms with Gasteiger partial charge in [-0.3, -0.25) is 0 Å². The van der Waals surface area contributed by atoms with Gasteiger partial charge in [-0.15, -0.1) is 11.6 Å². The summed E-state index contributed by atoms with van der Waals surface area (Å²) in [5.41, 5.74) is 0.850. The summed E-state index contributed by atoms with van der Waals surface area (Å²) in [6.45, 7) is -0.0629. The minimum absolute atomic E-state index is 0.0316. The van der Waals surface area contributed by atoms with Crippen molar-refractivity contribution in [1.82, 2.24) is 0 Å². The molecule has 2 rings (SSSR count). The zero-order valence-corrected chi connectivity index (χ0v) is 12.9. The van der Waals surface area contributed by atoms with E-state index in [4.69, 9.17) is 44.8 Å². The van der Waals surface area contributed by atoms with Crippen molar-refractivity contribution in [2.24, 2.45) is 0 Å². The van der Waals surface area contributed by atoms with Crippen LogP contribution < -0.4 is 4.74 Å². The molecule has 0 fully saturated rings. The maximum absolute atomic E-state index is 13.9. The van der Waals surface area contributed by atoms with Gasteiger partial charge in [0, 0.05) is 16.1 Å². The average Bonchev–Trinajstić information content (AvgIpc) is 2.47. The second kappa shape index (κ2) is 7.00. The summed E-state index contributed by atoms with van der Waals surface area (Å²) in [5.74, 6) is -0.0774. The summed E-state index contributed by atoms with van der Waals surface area (Å²) < 4.78 is 19.5. The van der Waals surface area contributed by atoms with Crippen LogP contribution in [0, 0.1) is 17.1 Å². The van der Waals surface area contributed by atoms with Gasteiger partial charge in [0.25, 0.3) is 0 Å².